The van der Waals surface area contributed by atoms with Crippen LogP contribution in [0.1, 0.15) is 16.7 Å². The Balaban J connectivity index is 2.00. The second kappa shape index (κ2) is 4.32. The molecule has 1 aliphatic carbocycles. The Kier molecular flexibility index (Phi) is 2.55. The van der Waals surface area contributed by atoms with Crippen LogP contribution in [0.25, 0.3) is 22.0 Å². The second-order valence-electron chi connectivity index (χ2n) is 6.12. The maximum Gasteiger partial charge on any atom is 0.0708 e. The van der Waals surface area contributed by atoms with Crippen LogP contribution in [0, 0.1) is 6.92 Å². The molecule has 2 heterocycles. The number of allylic oxidation sites excluding steroid dienone is 1. The van der Waals surface area contributed by atoms with E-state index in [1.165, 1.54) is 38.8 Å². The molecule has 21 heavy (non-hydrogen) atoms. The summed E-state index contributed by atoms with van der Waals surface area (Å²) in [6.07, 6.45) is 8.26. The zero-order valence-corrected chi connectivity index (χ0v) is 12.5. The fourth-order valence-corrected chi connectivity index (χ4v) is 3.36. The summed E-state index contributed by atoms with van der Waals surface area (Å²) < 4.78 is 2.09. The van der Waals surface area contributed by atoms with E-state index < -0.39 is 0 Å². The van der Waals surface area contributed by atoms with Crippen molar-refractivity contribution in [2.75, 3.05) is 0 Å². The van der Waals surface area contributed by atoms with Crippen molar-refractivity contribution in [1.29, 1.82) is 0 Å². The van der Waals surface area contributed by atoms with Crippen molar-refractivity contribution in [3.05, 3.63) is 65.6 Å². The van der Waals surface area contributed by atoms with Gasteiger partial charge in [0.25, 0.3) is 0 Å². The molecule has 1 aromatic carbocycles. The quantitative estimate of drug-likeness (QED) is 0.608. The zero-order valence-electron chi connectivity index (χ0n) is 12.5. The molecule has 3 aromatic rings. The molecular weight excluding hydrogens is 256 g/mol. The van der Waals surface area contributed by atoms with E-state index in [-0.39, 0.29) is 0 Å². The van der Waals surface area contributed by atoms with Gasteiger partial charge in [0, 0.05) is 31.0 Å². The molecule has 0 N–H and O–H groups in total. The molecule has 2 nitrogen and oxygen atoms in total. The fourth-order valence-electron chi connectivity index (χ4n) is 3.36. The maximum atomic E-state index is 4.64. The Bertz CT molecular complexity index is 884. The van der Waals surface area contributed by atoms with Crippen LogP contribution >= 0.6 is 0 Å². The average Bonchev–Trinajstić information content (AvgIpc) is 3.03. The Hall–Kier alpha value is -2.35. The van der Waals surface area contributed by atoms with Gasteiger partial charge in [-0.2, -0.15) is 0 Å². The number of aromatic nitrogens is 2. The minimum atomic E-state index is 0.979. The predicted octanol–water partition coefficient (Wildman–Crippen LogP) is 4.20. The van der Waals surface area contributed by atoms with Gasteiger partial charge < -0.3 is 4.57 Å². The van der Waals surface area contributed by atoms with Gasteiger partial charge in [-0.15, -0.1) is 0 Å². The van der Waals surface area contributed by atoms with Gasteiger partial charge in [-0.05, 0) is 65.8 Å². The highest BCUT2D eigenvalue weighted by atomic mass is 14.9. The lowest BCUT2D eigenvalue weighted by atomic mass is 9.97. The van der Waals surface area contributed by atoms with Gasteiger partial charge in [0.1, 0.15) is 0 Å². The van der Waals surface area contributed by atoms with Crippen LogP contribution in [0.2, 0.25) is 0 Å². The molecule has 0 atom stereocenters. The molecule has 0 spiro atoms. The van der Waals surface area contributed by atoms with E-state index >= 15 is 0 Å². The average molecular weight is 274 g/mol. The van der Waals surface area contributed by atoms with E-state index in [1.54, 1.807) is 0 Å². The van der Waals surface area contributed by atoms with Crippen LogP contribution < -0.4 is 0 Å². The highest BCUT2D eigenvalue weighted by Crippen LogP contribution is 2.34. The van der Waals surface area contributed by atoms with Crippen molar-refractivity contribution in [3.63, 3.8) is 0 Å². The van der Waals surface area contributed by atoms with Gasteiger partial charge in [-0.1, -0.05) is 12.2 Å². The highest BCUT2D eigenvalue weighted by molar-refractivity contribution is 5.90. The van der Waals surface area contributed by atoms with Crippen LogP contribution in [-0.4, -0.2) is 9.55 Å². The molecule has 0 aliphatic heterocycles. The molecule has 0 radical (unpaired) electrons. The number of aryl methyl sites for hydroxylation is 2. The molecule has 0 saturated heterocycles. The third kappa shape index (κ3) is 1.90. The molecule has 0 unspecified atom stereocenters. The summed E-state index contributed by atoms with van der Waals surface area (Å²) in [4.78, 5) is 4.64. The number of rotatable bonds is 1. The van der Waals surface area contributed by atoms with Gasteiger partial charge in [0.2, 0.25) is 0 Å². The lowest BCUT2D eigenvalue weighted by Gasteiger charge is -2.10. The largest absolute Gasteiger partial charge is 0.357 e. The summed E-state index contributed by atoms with van der Waals surface area (Å²) in [5, 5.41) is 1.29. The molecule has 2 heteroatoms. The van der Waals surface area contributed by atoms with Crippen LogP contribution in [0.5, 0.6) is 0 Å². The summed E-state index contributed by atoms with van der Waals surface area (Å²) >= 11 is 0. The van der Waals surface area contributed by atoms with Crippen molar-refractivity contribution in [2.45, 2.75) is 19.8 Å². The lowest BCUT2D eigenvalue weighted by molar-refractivity contribution is 0.928. The normalized spacial score (nSPS) is 13.9. The van der Waals surface area contributed by atoms with E-state index in [0.717, 1.165) is 18.4 Å². The van der Waals surface area contributed by atoms with Crippen molar-refractivity contribution in [3.8, 4) is 11.1 Å². The van der Waals surface area contributed by atoms with Crippen LogP contribution in [0.15, 0.2) is 48.9 Å². The monoisotopic (exact) mass is 274 g/mol. The van der Waals surface area contributed by atoms with Crippen LogP contribution in [0.4, 0.5) is 0 Å². The molecule has 2 aromatic heterocycles. The van der Waals surface area contributed by atoms with Crippen molar-refractivity contribution in [1.82, 2.24) is 9.55 Å². The molecule has 0 fully saturated rings. The SMILES string of the molecule is C=C1Cc2cnc3cc(C)c(-c4ccn(C)c4)cc3c2C1. The number of benzene rings is 1. The van der Waals surface area contributed by atoms with Crippen molar-refractivity contribution >= 4 is 10.9 Å². The number of hydrogen-bond donors (Lipinski definition) is 0. The molecule has 4 rings (SSSR count). The Morgan fingerprint density at radius 3 is 2.86 bits per heavy atom. The van der Waals surface area contributed by atoms with Gasteiger partial charge >= 0.3 is 0 Å². The third-order valence-corrected chi connectivity index (χ3v) is 4.43. The summed E-state index contributed by atoms with van der Waals surface area (Å²) in [6.45, 7) is 6.31. The second-order valence-corrected chi connectivity index (χ2v) is 6.12. The molecule has 0 amide bonds. The highest BCUT2D eigenvalue weighted by Gasteiger charge is 2.18. The van der Waals surface area contributed by atoms with Gasteiger partial charge in [0.05, 0.1) is 5.52 Å². The Morgan fingerprint density at radius 1 is 1.24 bits per heavy atom. The molecule has 104 valence electrons. The lowest BCUT2D eigenvalue weighted by Crippen LogP contribution is -1.92. The fraction of sp³-hybridized carbons (Fsp3) is 0.211. The van der Waals surface area contributed by atoms with E-state index in [4.69, 9.17) is 0 Å². The van der Waals surface area contributed by atoms with Crippen LogP contribution in [0.3, 0.4) is 0 Å². The third-order valence-electron chi connectivity index (χ3n) is 4.43. The van der Waals surface area contributed by atoms with E-state index in [1.807, 2.05) is 6.20 Å². The first-order valence-corrected chi connectivity index (χ1v) is 7.32. The Morgan fingerprint density at radius 2 is 2.10 bits per heavy atom. The van der Waals surface area contributed by atoms with Crippen molar-refractivity contribution in [2.24, 2.45) is 7.05 Å². The van der Waals surface area contributed by atoms with Crippen LogP contribution in [-0.2, 0) is 19.9 Å². The first kappa shape index (κ1) is 12.4. The van der Waals surface area contributed by atoms with E-state index in [0.29, 0.717) is 0 Å². The minimum Gasteiger partial charge on any atom is -0.357 e. The van der Waals surface area contributed by atoms with E-state index in [9.17, 15) is 0 Å². The first-order chi connectivity index (χ1) is 10.1. The van der Waals surface area contributed by atoms with Gasteiger partial charge in [-0.3, -0.25) is 4.98 Å². The maximum absolute atomic E-state index is 4.64. The van der Waals surface area contributed by atoms with Gasteiger partial charge in [0.15, 0.2) is 0 Å². The molecule has 0 saturated carbocycles. The number of pyridine rings is 1. The minimum absolute atomic E-state index is 0.979. The molecule has 1 aliphatic rings. The standard InChI is InChI=1S/C19H18N2/c1-12-6-15-10-20-19-8-13(2)16(9-18(19)17(15)7-12)14-4-5-21(3)11-14/h4-5,8-11H,1,6-7H2,2-3H3. The summed E-state index contributed by atoms with van der Waals surface area (Å²) in [7, 11) is 2.06. The van der Waals surface area contributed by atoms with E-state index in [2.05, 4.69) is 60.7 Å². The molecular formula is C19H18N2. The smallest absolute Gasteiger partial charge is 0.0708 e. The predicted molar refractivity (Wildman–Crippen MR) is 87.4 cm³/mol. The first-order valence-electron chi connectivity index (χ1n) is 7.32. The number of nitrogens with zero attached hydrogens (tertiary/aromatic N) is 2. The molecule has 0 bridgehead atoms. The number of fused-ring (bicyclic) bond motifs is 3. The summed E-state index contributed by atoms with van der Waals surface area (Å²) in [6, 6.07) is 6.69. The number of hydrogen-bond acceptors (Lipinski definition) is 1. The summed E-state index contributed by atoms with van der Waals surface area (Å²) in [5.74, 6) is 0. The zero-order chi connectivity index (χ0) is 14.6. The Labute approximate surface area is 124 Å². The summed E-state index contributed by atoms with van der Waals surface area (Å²) in [5.41, 5.74) is 9.00. The van der Waals surface area contributed by atoms with Crippen molar-refractivity contribution < 1.29 is 0 Å². The topological polar surface area (TPSA) is 17.8 Å². The van der Waals surface area contributed by atoms with Gasteiger partial charge in [-0.25, -0.2) is 0 Å².